The highest BCUT2D eigenvalue weighted by Crippen LogP contribution is 2.31. The van der Waals surface area contributed by atoms with E-state index in [-0.39, 0.29) is 29.5 Å². The molecule has 1 aromatic carbocycles. The number of hydrogen-bond donors (Lipinski definition) is 1. The summed E-state index contributed by atoms with van der Waals surface area (Å²) in [5.41, 5.74) is 4.36. The number of carbonyl (C=O) groups is 1. The number of aromatic nitrogens is 2. The minimum absolute atomic E-state index is 0.00424. The quantitative estimate of drug-likeness (QED) is 0.891. The number of rotatable bonds is 4. The second-order valence-corrected chi connectivity index (χ2v) is 9.57. The molecule has 1 amide bonds. The van der Waals surface area contributed by atoms with Gasteiger partial charge in [0.25, 0.3) is 5.91 Å². The lowest BCUT2D eigenvalue weighted by Crippen LogP contribution is -2.30. The van der Waals surface area contributed by atoms with Crippen LogP contribution in [0.3, 0.4) is 0 Å². The molecule has 7 heteroatoms. The molecule has 1 saturated heterocycles. The van der Waals surface area contributed by atoms with Gasteiger partial charge in [0.05, 0.1) is 23.2 Å². The highest BCUT2D eigenvalue weighted by atomic mass is 32.2. The Morgan fingerprint density at radius 2 is 1.96 bits per heavy atom. The van der Waals surface area contributed by atoms with Crippen molar-refractivity contribution in [3.63, 3.8) is 0 Å². The Morgan fingerprint density at radius 3 is 2.54 bits per heavy atom. The van der Waals surface area contributed by atoms with Gasteiger partial charge < -0.3 is 5.32 Å². The fraction of sp³-hybridized carbons (Fsp3) is 0.474. The minimum atomic E-state index is -3.05. The van der Waals surface area contributed by atoms with Gasteiger partial charge in [-0.25, -0.2) is 8.42 Å². The molecule has 0 spiro atoms. The van der Waals surface area contributed by atoms with Crippen LogP contribution in [0.5, 0.6) is 0 Å². The molecule has 0 bridgehead atoms. The summed E-state index contributed by atoms with van der Waals surface area (Å²) in [6.45, 7) is 7.86. The summed E-state index contributed by atoms with van der Waals surface area (Å²) in [4.78, 5) is 12.4. The summed E-state index contributed by atoms with van der Waals surface area (Å²) in [6, 6.07) is 7.59. The molecule has 1 atom stereocenters. The fourth-order valence-corrected chi connectivity index (χ4v) is 4.90. The van der Waals surface area contributed by atoms with Gasteiger partial charge in [-0.1, -0.05) is 12.1 Å². The van der Waals surface area contributed by atoms with E-state index in [9.17, 15) is 13.2 Å². The van der Waals surface area contributed by atoms with Crippen LogP contribution in [0.2, 0.25) is 0 Å². The Bertz CT molecular complexity index is 945. The van der Waals surface area contributed by atoms with Gasteiger partial charge in [-0.2, -0.15) is 5.10 Å². The Balaban J connectivity index is 2.07. The van der Waals surface area contributed by atoms with E-state index in [0.717, 1.165) is 16.8 Å². The van der Waals surface area contributed by atoms with Crippen molar-refractivity contribution in [2.45, 2.75) is 46.2 Å². The first kappa shape index (κ1) is 18.6. The van der Waals surface area contributed by atoms with E-state index in [1.54, 1.807) is 10.7 Å². The third-order valence-electron chi connectivity index (χ3n) is 4.75. The molecule has 0 saturated carbocycles. The summed E-state index contributed by atoms with van der Waals surface area (Å²) in [5.74, 6) is -0.0143. The van der Waals surface area contributed by atoms with Crippen LogP contribution in [-0.2, 0) is 9.84 Å². The zero-order chi connectivity index (χ0) is 19.1. The normalized spacial score (nSPS) is 19.0. The van der Waals surface area contributed by atoms with Crippen LogP contribution < -0.4 is 5.32 Å². The molecule has 1 aliphatic heterocycles. The zero-order valence-electron chi connectivity index (χ0n) is 15.6. The number of benzene rings is 1. The van der Waals surface area contributed by atoms with Crippen molar-refractivity contribution >= 4 is 15.7 Å². The molecule has 0 unspecified atom stereocenters. The van der Waals surface area contributed by atoms with Gasteiger partial charge in [-0.15, -0.1) is 0 Å². The Labute approximate surface area is 154 Å². The largest absolute Gasteiger partial charge is 0.348 e. The van der Waals surface area contributed by atoms with Crippen molar-refractivity contribution in [3.05, 3.63) is 41.1 Å². The van der Waals surface area contributed by atoms with Crippen molar-refractivity contribution in [1.29, 1.82) is 0 Å². The van der Waals surface area contributed by atoms with Crippen molar-refractivity contribution in [2.75, 3.05) is 11.5 Å². The van der Waals surface area contributed by atoms with Gasteiger partial charge in [-0.3, -0.25) is 9.48 Å². The summed E-state index contributed by atoms with van der Waals surface area (Å²) >= 11 is 0. The maximum absolute atomic E-state index is 12.4. The molecule has 0 aliphatic carbocycles. The molecule has 1 fully saturated rings. The predicted molar refractivity (Wildman–Crippen MR) is 102 cm³/mol. The summed E-state index contributed by atoms with van der Waals surface area (Å²) in [6.07, 6.45) is 0.521. The van der Waals surface area contributed by atoms with Gasteiger partial charge in [-0.05, 0) is 57.4 Å². The number of nitrogens with one attached hydrogen (secondary N) is 1. The van der Waals surface area contributed by atoms with Crippen molar-refractivity contribution < 1.29 is 13.2 Å². The maximum Gasteiger partial charge on any atom is 0.271 e. The van der Waals surface area contributed by atoms with E-state index in [4.69, 9.17) is 0 Å². The minimum Gasteiger partial charge on any atom is -0.348 e. The maximum atomic E-state index is 12.4. The number of aryl methyl sites for hydroxylation is 2. The Kier molecular flexibility index (Phi) is 4.92. The third kappa shape index (κ3) is 3.82. The van der Waals surface area contributed by atoms with Crippen LogP contribution in [-0.4, -0.2) is 41.7 Å². The number of carbonyl (C=O) groups excluding carboxylic acids is 1. The molecular formula is C19H25N3O3S. The lowest BCUT2D eigenvalue weighted by Gasteiger charge is -2.14. The molecular weight excluding hydrogens is 350 g/mol. The number of nitrogens with zero attached hydrogens (tertiary/aromatic N) is 2. The van der Waals surface area contributed by atoms with Crippen LogP contribution in [0.25, 0.3) is 11.3 Å². The van der Waals surface area contributed by atoms with Crippen LogP contribution in [0.4, 0.5) is 0 Å². The number of amides is 1. The topological polar surface area (TPSA) is 81.1 Å². The van der Waals surface area contributed by atoms with E-state index >= 15 is 0 Å². The lowest BCUT2D eigenvalue weighted by atomic mass is 10.0. The molecule has 2 heterocycles. The van der Waals surface area contributed by atoms with E-state index < -0.39 is 9.84 Å². The zero-order valence-corrected chi connectivity index (χ0v) is 16.4. The molecule has 26 heavy (non-hydrogen) atoms. The van der Waals surface area contributed by atoms with Crippen LogP contribution in [0.15, 0.2) is 24.3 Å². The Hall–Kier alpha value is -2.15. The molecule has 6 nitrogen and oxygen atoms in total. The smallest absolute Gasteiger partial charge is 0.271 e. The summed E-state index contributed by atoms with van der Waals surface area (Å²) in [7, 11) is -3.05. The number of sulfone groups is 1. The van der Waals surface area contributed by atoms with E-state index in [1.807, 2.05) is 39.8 Å². The predicted octanol–water partition coefficient (Wildman–Crippen LogP) is 2.66. The third-order valence-corrected chi connectivity index (χ3v) is 6.50. The van der Waals surface area contributed by atoms with E-state index in [2.05, 4.69) is 16.5 Å². The molecule has 1 N–H and O–H groups in total. The van der Waals surface area contributed by atoms with Crippen LogP contribution in [0.1, 0.15) is 47.9 Å². The van der Waals surface area contributed by atoms with Crippen LogP contribution >= 0.6 is 0 Å². The van der Waals surface area contributed by atoms with Crippen molar-refractivity contribution in [1.82, 2.24) is 15.1 Å². The second kappa shape index (κ2) is 6.87. The number of hydrogen-bond acceptors (Lipinski definition) is 4. The fourth-order valence-electron chi connectivity index (χ4n) is 3.20. The highest BCUT2D eigenvalue weighted by Gasteiger charge is 2.32. The second-order valence-electron chi connectivity index (χ2n) is 7.34. The van der Waals surface area contributed by atoms with Gasteiger partial charge in [0.15, 0.2) is 15.5 Å². The lowest BCUT2D eigenvalue weighted by molar-refractivity contribution is 0.0937. The Morgan fingerprint density at radius 1 is 1.23 bits per heavy atom. The highest BCUT2D eigenvalue weighted by molar-refractivity contribution is 7.91. The molecule has 1 aromatic heterocycles. The first-order valence-electron chi connectivity index (χ1n) is 8.85. The standard InChI is InChI=1S/C19H25N3O3S/c1-12(2)20-19(23)17-10-18(15-6-5-13(3)14(4)9-15)22(21-17)16-7-8-26(24,25)11-16/h5-6,9-10,12,16H,7-8,11H2,1-4H3,(H,20,23)/t16-/m0/s1. The van der Waals surface area contributed by atoms with Gasteiger partial charge in [0.2, 0.25) is 0 Å². The molecule has 1 aliphatic rings. The molecule has 140 valence electrons. The SMILES string of the molecule is Cc1ccc(-c2cc(C(=O)NC(C)C)nn2[C@H]2CCS(=O)(=O)C2)cc1C. The average Bonchev–Trinajstić information content (AvgIpc) is 3.13. The van der Waals surface area contributed by atoms with Gasteiger partial charge in [0, 0.05) is 11.6 Å². The van der Waals surface area contributed by atoms with Gasteiger partial charge in [0.1, 0.15) is 0 Å². The molecule has 3 rings (SSSR count). The van der Waals surface area contributed by atoms with Crippen molar-refractivity contribution in [2.24, 2.45) is 0 Å². The molecule has 2 aromatic rings. The first-order chi connectivity index (χ1) is 12.2. The molecule has 0 radical (unpaired) electrons. The summed E-state index contributed by atoms with van der Waals surface area (Å²) < 4.78 is 25.6. The summed E-state index contributed by atoms with van der Waals surface area (Å²) in [5, 5.41) is 7.32. The monoisotopic (exact) mass is 375 g/mol. The van der Waals surface area contributed by atoms with Crippen LogP contribution in [0, 0.1) is 13.8 Å². The van der Waals surface area contributed by atoms with Gasteiger partial charge >= 0.3 is 0 Å². The average molecular weight is 375 g/mol. The first-order valence-corrected chi connectivity index (χ1v) is 10.7. The van der Waals surface area contributed by atoms with Crippen molar-refractivity contribution in [3.8, 4) is 11.3 Å². The van der Waals surface area contributed by atoms with E-state index in [1.165, 1.54) is 5.56 Å². The van der Waals surface area contributed by atoms with E-state index in [0.29, 0.717) is 12.1 Å².